The molecule has 0 spiro atoms. The Kier molecular flexibility index (Phi) is 3.21. The number of benzene rings is 1. The van der Waals surface area contributed by atoms with Gasteiger partial charge >= 0.3 is 0 Å². The minimum atomic E-state index is 0. The van der Waals surface area contributed by atoms with Crippen LogP contribution >= 0.6 is 9.90 Å². The van der Waals surface area contributed by atoms with Crippen molar-refractivity contribution < 1.29 is 0 Å². The van der Waals surface area contributed by atoms with Crippen molar-refractivity contribution >= 4 is 20.9 Å². The van der Waals surface area contributed by atoms with E-state index in [9.17, 15) is 0 Å². The number of hydrogen-bond acceptors (Lipinski definition) is 1. The highest BCUT2D eigenvalue weighted by atomic mass is 31.0. The fourth-order valence-corrected chi connectivity index (χ4v) is 1.24. The molecular formula is C10H13N2P. The third kappa shape index (κ3) is 1.96. The van der Waals surface area contributed by atoms with E-state index in [1.54, 1.807) is 0 Å². The van der Waals surface area contributed by atoms with Gasteiger partial charge in [-0.25, -0.2) is 4.98 Å². The van der Waals surface area contributed by atoms with Crippen molar-refractivity contribution in [3.8, 4) is 0 Å². The molecule has 0 saturated carbocycles. The van der Waals surface area contributed by atoms with Crippen molar-refractivity contribution in [3.63, 3.8) is 0 Å². The number of aromatic amines is 1. The molecule has 68 valence electrons. The maximum atomic E-state index is 4.38. The predicted molar refractivity (Wildman–Crippen MR) is 61.1 cm³/mol. The molecule has 1 N–H and O–H groups in total. The number of nitrogens with one attached hydrogen (secondary N) is 1. The Morgan fingerprint density at radius 1 is 1.38 bits per heavy atom. The smallest absolute Gasteiger partial charge is 0.111 e. The number of H-pyrrole nitrogens is 1. The highest BCUT2D eigenvalue weighted by Crippen LogP contribution is 2.10. The van der Waals surface area contributed by atoms with Gasteiger partial charge in [-0.1, -0.05) is 18.2 Å². The zero-order chi connectivity index (χ0) is 8.39. The Morgan fingerprint density at radius 2 is 2.15 bits per heavy atom. The van der Waals surface area contributed by atoms with Crippen molar-refractivity contribution in [1.29, 1.82) is 0 Å². The van der Waals surface area contributed by atoms with Crippen LogP contribution in [0.3, 0.4) is 0 Å². The summed E-state index contributed by atoms with van der Waals surface area (Å²) in [5.41, 5.74) is 2.11. The number of hydrogen-bond donors (Lipinski definition) is 1. The monoisotopic (exact) mass is 192 g/mol. The van der Waals surface area contributed by atoms with Gasteiger partial charge in [-0.15, -0.1) is 6.58 Å². The molecule has 1 aromatic carbocycles. The van der Waals surface area contributed by atoms with E-state index >= 15 is 0 Å². The molecule has 0 aliphatic rings. The van der Waals surface area contributed by atoms with Crippen molar-refractivity contribution in [2.45, 2.75) is 6.42 Å². The van der Waals surface area contributed by atoms with E-state index in [1.807, 2.05) is 30.3 Å². The van der Waals surface area contributed by atoms with E-state index < -0.39 is 0 Å². The third-order valence-electron chi connectivity index (χ3n) is 1.78. The molecule has 0 aliphatic carbocycles. The Bertz CT molecular complexity index is 373. The zero-order valence-electron chi connectivity index (χ0n) is 7.46. The summed E-state index contributed by atoms with van der Waals surface area (Å²) in [4.78, 5) is 7.59. The first-order valence-electron chi connectivity index (χ1n) is 3.94. The van der Waals surface area contributed by atoms with Gasteiger partial charge in [0, 0.05) is 6.42 Å². The van der Waals surface area contributed by atoms with Gasteiger partial charge in [-0.2, -0.15) is 9.90 Å². The molecule has 0 amide bonds. The second kappa shape index (κ2) is 4.20. The first-order valence-corrected chi connectivity index (χ1v) is 3.94. The minimum absolute atomic E-state index is 0. The van der Waals surface area contributed by atoms with Crippen molar-refractivity contribution in [2.75, 3.05) is 0 Å². The Labute approximate surface area is 80.7 Å². The Hall–Kier alpha value is -1.14. The van der Waals surface area contributed by atoms with Crippen LogP contribution in [0, 0.1) is 0 Å². The highest BCUT2D eigenvalue weighted by Gasteiger charge is 1.97. The molecule has 0 bridgehead atoms. The largest absolute Gasteiger partial charge is 0.342 e. The first kappa shape index (κ1) is 9.94. The molecular weight excluding hydrogens is 179 g/mol. The molecule has 2 nitrogen and oxygen atoms in total. The number of aromatic nitrogens is 2. The van der Waals surface area contributed by atoms with Crippen molar-refractivity contribution in [3.05, 3.63) is 42.7 Å². The quantitative estimate of drug-likeness (QED) is 0.574. The van der Waals surface area contributed by atoms with Crippen LogP contribution in [-0.4, -0.2) is 9.97 Å². The zero-order valence-corrected chi connectivity index (χ0v) is 8.87. The fraction of sp³-hybridized carbons (Fsp3) is 0.100. The van der Waals surface area contributed by atoms with Crippen molar-refractivity contribution in [2.24, 2.45) is 0 Å². The van der Waals surface area contributed by atoms with Crippen LogP contribution in [0.25, 0.3) is 11.0 Å². The number of imidazole rings is 1. The number of nitrogens with zero attached hydrogens (tertiary/aromatic N) is 1. The lowest BCUT2D eigenvalue weighted by atomic mass is 10.3. The number of fused-ring (bicyclic) bond motifs is 1. The van der Waals surface area contributed by atoms with E-state index in [4.69, 9.17) is 0 Å². The second-order valence-corrected chi connectivity index (χ2v) is 2.69. The predicted octanol–water partition coefficient (Wildman–Crippen LogP) is 2.35. The number of para-hydroxylation sites is 2. The molecule has 0 radical (unpaired) electrons. The van der Waals surface area contributed by atoms with Gasteiger partial charge in [0.25, 0.3) is 0 Å². The van der Waals surface area contributed by atoms with Gasteiger partial charge in [0.15, 0.2) is 0 Å². The molecule has 1 aromatic heterocycles. The molecule has 1 atom stereocenters. The van der Waals surface area contributed by atoms with Crippen LogP contribution in [0.4, 0.5) is 0 Å². The van der Waals surface area contributed by atoms with Crippen LogP contribution in [0.1, 0.15) is 5.82 Å². The van der Waals surface area contributed by atoms with Crippen LogP contribution in [0.2, 0.25) is 0 Å². The lowest BCUT2D eigenvalue weighted by Crippen LogP contribution is -1.81. The Balaban J connectivity index is 0.000000845. The lowest BCUT2D eigenvalue weighted by molar-refractivity contribution is 1.07. The molecule has 3 heteroatoms. The summed E-state index contributed by atoms with van der Waals surface area (Å²) >= 11 is 0. The SMILES string of the molecule is C=CCc1nc2ccccc2[nH]1.P. The maximum absolute atomic E-state index is 4.38. The van der Waals surface area contributed by atoms with Crippen LogP contribution in [0.15, 0.2) is 36.9 Å². The average Bonchev–Trinajstić information content (AvgIpc) is 2.47. The van der Waals surface area contributed by atoms with Gasteiger partial charge in [-0.05, 0) is 12.1 Å². The molecule has 0 fully saturated rings. The normalized spacial score (nSPS) is 9.54. The van der Waals surface area contributed by atoms with Crippen LogP contribution < -0.4 is 0 Å². The van der Waals surface area contributed by atoms with Gasteiger partial charge in [0.1, 0.15) is 5.82 Å². The average molecular weight is 192 g/mol. The standard InChI is InChI=1S/C10H10N2.H3P/c1-2-5-10-11-8-6-3-4-7-9(8)12-10;/h2-4,6-7H,1,5H2,(H,11,12);1H3. The molecule has 0 aliphatic heterocycles. The summed E-state index contributed by atoms with van der Waals surface area (Å²) in [6.45, 7) is 3.67. The molecule has 1 unspecified atom stereocenters. The third-order valence-corrected chi connectivity index (χ3v) is 1.78. The van der Waals surface area contributed by atoms with Crippen LogP contribution in [0.5, 0.6) is 0 Å². The van der Waals surface area contributed by atoms with Crippen LogP contribution in [-0.2, 0) is 6.42 Å². The molecule has 2 aromatic rings. The fourth-order valence-electron chi connectivity index (χ4n) is 1.24. The topological polar surface area (TPSA) is 28.7 Å². The van der Waals surface area contributed by atoms with E-state index in [0.29, 0.717) is 0 Å². The second-order valence-electron chi connectivity index (χ2n) is 2.69. The summed E-state index contributed by atoms with van der Waals surface area (Å²) in [6.07, 6.45) is 2.65. The highest BCUT2D eigenvalue weighted by molar-refractivity contribution is 6.92. The lowest BCUT2D eigenvalue weighted by Gasteiger charge is -1.83. The van der Waals surface area contributed by atoms with Gasteiger partial charge in [-0.3, -0.25) is 0 Å². The molecule has 13 heavy (non-hydrogen) atoms. The summed E-state index contributed by atoms with van der Waals surface area (Å²) in [7, 11) is 0. The molecule has 2 rings (SSSR count). The first-order chi connectivity index (χ1) is 5.90. The number of allylic oxidation sites excluding steroid dienone is 1. The summed E-state index contributed by atoms with van der Waals surface area (Å²) in [6, 6.07) is 8.01. The Morgan fingerprint density at radius 3 is 2.85 bits per heavy atom. The summed E-state index contributed by atoms with van der Waals surface area (Å²) in [5, 5.41) is 0. The summed E-state index contributed by atoms with van der Waals surface area (Å²) < 4.78 is 0. The van der Waals surface area contributed by atoms with E-state index in [0.717, 1.165) is 23.3 Å². The molecule has 0 saturated heterocycles. The van der Waals surface area contributed by atoms with E-state index in [2.05, 4.69) is 16.5 Å². The minimum Gasteiger partial charge on any atom is -0.342 e. The maximum Gasteiger partial charge on any atom is 0.111 e. The van der Waals surface area contributed by atoms with Crippen molar-refractivity contribution in [1.82, 2.24) is 9.97 Å². The van der Waals surface area contributed by atoms with Gasteiger partial charge in [0.05, 0.1) is 11.0 Å². The van der Waals surface area contributed by atoms with E-state index in [-0.39, 0.29) is 9.90 Å². The van der Waals surface area contributed by atoms with Gasteiger partial charge < -0.3 is 4.98 Å². The van der Waals surface area contributed by atoms with E-state index in [1.165, 1.54) is 0 Å². The summed E-state index contributed by atoms with van der Waals surface area (Å²) in [5.74, 6) is 0.978. The molecule has 1 heterocycles. The van der Waals surface area contributed by atoms with Gasteiger partial charge in [0.2, 0.25) is 0 Å². The number of rotatable bonds is 2.